The molecule has 0 radical (unpaired) electrons. The molecule has 0 aliphatic carbocycles. The van der Waals surface area contributed by atoms with Crippen molar-refractivity contribution in [2.75, 3.05) is 11.6 Å². The number of amides is 1. The van der Waals surface area contributed by atoms with E-state index in [4.69, 9.17) is 0 Å². The van der Waals surface area contributed by atoms with Crippen molar-refractivity contribution in [2.24, 2.45) is 0 Å². The summed E-state index contributed by atoms with van der Waals surface area (Å²) in [4.78, 5) is 16.1. The fourth-order valence-electron chi connectivity index (χ4n) is 1.83. The summed E-state index contributed by atoms with van der Waals surface area (Å²) < 4.78 is 22.9. The van der Waals surface area contributed by atoms with E-state index in [0.717, 1.165) is 11.8 Å². The van der Waals surface area contributed by atoms with Crippen molar-refractivity contribution >= 4 is 27.5 Å². The molecule has 0 spiro atoms. The maximum Gasteiger partial charge on any atom is 0.248 e. The fourth-order valence-corrected chi connectivity index (χ4v) is 2.53. The number of nitrogens with zero attached hydrogens (tertiary/aromatic N) is 1. The first-order chi connectivity index (χ1) is 10.4. The summed E-state index contributed by atoms with van der Waals surface area (Å²) >= 11 is 0. The van der Waals surface area contributed by atoms with Crippen molar-refractivity contribution in [3.05, 3.63) is 59.9 Å². The van der Waals surface area contributed by atoms with Gasteiger partial charge in [0.2, 0.25) is 5.91 Å². The standard InChI is InChI=1S/C16H16N2O3S/c1-12-10-14(22(2,20)21)6-7-15(12)18-16(19)8-5-13-4-3-9-17-11-13/h3-11H,1-2H3,(H,18,19)/b8-5-. The summed E-state index contributed by atoms with van der Waals surface area (Å²) in [7, 11) is -3.25. The Morgan fingerprint density at radius 2 is 2.05 bits per heavy atom. The maximum absolute atomic E-state index is 11.9. The predicted octanol–water partition coefficient (Wildman–Crippen LogP) is 2.45. The molecular formula is C16H16N2O3S. The molecule has 0 saturated carbocycles. The van der Waals surface area contributed by atoms with E-state index in [-0.39, 0.29) is 10.8 Å². The molecule has 5 nitrogen and oxygen atoms in total. The van der Waals surface area contributed by atoms with Crippen LogP contribution in [0.1, 0.15) is 11.1 Å². The third-order valence-corrected chi connectivity index (χ3v) is 4.11. The Balaban J connectivity index is 2.11. The van der Waals surface area contributed by atoms with Crippen LogP contribution in [-0.4, -0.2) is 25.6 Å². The number of hydrogen-bond donors (Lipinski definition) is 1. The first-order valence-corrected chi connectivity index (χ1v) is 8.45. The minimum absolute atomic E-state index is 0.230. The monoisotopic (exact) mass is 316 g/mol. The lowest BCUT2D eigenvalue weighted by atomic mass is 10.2. The zero-order valence-corrected chi connectivity index (χ0v) is 13.1. The van der Waals surface area contributed by atoms with E-state index in [0.29, 0.717) is 11.3 Å². The van der Waals surface area contributed by atoms with E-state index >= 15 is 0 Å². The highest BCUT2D eigenvalue weighted by molar-refractivity contribution is 7.90. The molecule has 1 amide bonds. The Morgan fingerprint density at radius 1 is 1.27 bits per heavy atom. The molecule has 0 fully saturated rings. The number of sulfone groups is 1. The van der Waals surface area contributed by atoms with Crippen molar-refractivity contribution in [3.8, 4) is 0 Å². The summed E-state index contributed by atoms with van der Waals surface area (Å²) in [6.07, 6.45) is 7.51. The predicted molar refractivity (Wildman–Crippen MR) is 86.2 cm³/mol. The van der Waals surface area contributed by atoms with Crippen LogP contribution in [0.2, 0.25) is 0 Å². The molecule has 0 saturated heterocycles. The molecule has 2 aromatic rings. The Morgan fingerprint density at radius 3 is 2.64 bits per heavy atom. The number of aromatic nitrogens is 1. The Labute approximate surface area is 129 Å². The first kappa shape index (κ1) is 15.9. The highest BCUT2D eigenvalue weighted by Gasteiger charge is 2.09. The molecule has 0 unspecified atom stereocenters. The van der Waals surface area contributed by atoms with Gasteiger partial charge in [0, 0.05) is 30.4 Å². The van der Waals surface area contributed by atoms with E-state index in [1.54, 1.807) is 37.5 Å². The molecule has 22 heavy (non-hydrogen) atoms. The van der Waals surface area contributed by atoms with Gasteiger partial charge in [0.1, 0.15) is 0 Å². The number of carbonyl (C=O) groups is 1. The number of pyridine rings is 1. The average molecular weight is 316 g/mol. The fraction of sp³-hybridized carbons (Fsp3) is 0.125. The maximum atomic E-state index is 11.9. The lowest BCUT2D eigenvalue weighted by Crippen LogP contribution is -2.09. The number of benzene rings is 1. The number of aryl methyl sites for hydroxylation is 1. The quantitative estimate of drug-likeness (QED) is 0.879. The largest absolute Gasteiger partial charge is 0.322 e. The van der Waals surface area contributed by atoms with Crippen LogP contribution in [0, 0.1) is 6.92 Å². The molecule has 1 N–H and O–H groups in total. The zero-order chi connectivity index (χ0) is 16.2. The highest BCUT2D eigenvalue weighted by Crippen LogP contribution is 2.19. The summed E-state index contributed by atoms with van der Waals surface area (Å²) in [6.45, 7) is 1.75. The lowest BCUT2D eigenvalue weighted by molar-refractivity contribution is -0.111. The molecule has 1 aromatic carbocycles. The van der Waals surface area contributed by atoms with Crippen LogP contribution in [0.3, 0.4) is 0 Å². The van der Waals surface area contributed by atoms with Crippen LogP contribution in [0.5, 0.6) is 0 Å². The molecule has 0 bridgehead atoms. The van der Waals surface area contributed by atoms with Crippen LogP contribution in [0.25, 0.3) is 6.08 Å². The van der Waals surface area contributed by atoms with Gasteiger partial charge in [0.25, 0.3) is 0 Å². The van der Waals surface area contributed by atoms with Gasteiger partial charge in [-0.05, 0) is 48.4 Å². The number of hydrogen-bond acceptors (Lipinski definition) is 4. The van der Waals surface area contributed by atoms with Crippen LogP contribution >= 0.6 is 0 Å². The minimum Gasteiger partial charge on any atom is -0.322 e. The molecule has 6 heteroatoms. The second-order valence-corrected chi connectivity index (χ2v) is 6.87. The van der Waals surface area contributed by atoms with Gasteiger partial charge in [-0.15, -0.1) is 0 Å². The molecule has 2 rings (SSSR count). The van der Waals surface area contributed by atoms with Crippen molar-refractivity contribution in [2.45, 2.75) is 11.8 Å². The van der Waals surface area contributed by atoms with Crippen LogP contribution in [0.4, 0.5) is 5.69 Å². The summed E-state index contributed by atoms with van der Waals surface area (Å²) in [6, 6.07) is 8.22. The summed E-state index contributed by atoms with van der Waals surface area (Å²) in [5.41, 5.74) is 2.08. The molecular weight excluding hydrogens is 300 g/mol. The average Bonchev–Trinajstić information content (AvgIpc) is 2.47. The lowest BCUT2D eigenvalue weighted by Gasteiger charge is -2.08. The minimum atomic E-state index is -3.25. The van der Waals surface area contributed by atoms with Gasteiger partial charge in [-0.1, -0.05) is 6.07 Å². The molecule has 1 heterocycles. The van der Waals surface area contributed by atoms with Gasteiger partial charge < -0.3 is 5.32 Å². The normalized spacial score (nSPS) is 11.5. The van der Waals surface area contributed by atoms with Crippen molar-refractivity contribution in [1.29, 1.82) is 0 Å². The van der Waals surface area contributed by atoms with Crippen molar-refractivity contribution in [3.63, 3.8) is 0 Å². The summed E-state index contributed by atoms with van der Waals surface area (Å²) in [5, 5.41) is 2.72. The van der Waals surface area contributed by atoms with Crippen molar-refractivity contribution < 1.29 is 13.2 Å². The van der Waals surface area contributed by atoms with Gasteiger partial charge >= 0.3 is 0 Å². The smallest absolute Gasteiger partial charge is 0.248 e. The van der Waals surface area contributed by atoms with E-state index in [1.165, 1.54) is 18.2 Å². The van der Waals surface area contributed by atoms with Crippen LogP contribution in [-0.2, 0) is 14.6 Å². The third-order valence-electron chi connectivity index (χ3n) is 3.00. The SMILES string of the molecule is Cc1cc(S(C)(=O)=O)ccc1NC(=O)/C=C\c1cccnc1. The van der Waals surface area contributed by atoms with Crippen molar-refractivity contribution in [1.82, 2.24) is 4.98 Å². The van der Waals surface area contributed by atoms with E-state index in [2.05, 4.69) is 10.3 Å². The second kappa shape index (κ2) is 6.53. The zero-order valence-electron chi connectivity index (χ0n) is 12.3. The number of carbonyl (C=O) groups excluding carboxylic acids is 1. The summed E-state index contributed by atoms with van der Waals surface area (Å²) in [5.74, 6) is -0.293. The second-order valence-electron chi connectivity index (χ2n) is 4.86. The molecule has 114 valence electrons. The number of rotatable bonds is 4. The third kappa shape index (κ3) is 4.26. The Bertz CT molecular complexity index is 813. The van der Waals surface area contributed by atoms with Crippen LogP contribution < -0.4 is 5.32 Å². The molecule has 0 aliphatic heterocycles. The molecule has 0 atom stereocenters. The van der Waals surface area contributed by atoms with Gasteiger partial charge in [0.15, 0.2) is 9.84 Å². The number of anilines is 1. The number of nitrogens with one attached hydrogen (secondary N) is 1. The van der Waals surface area contributed by atoms with Gasteiger partial charge in [-0.25, -0.2) is 8.42 Å². The Hall–Kier alpha value is -2.47. The van der Waals surface area contributed by atoms with E-state index < -0.39 is 9.84 Å². The Kier molecular flexibility index (Phi) is 4.72. The first-order valence-electron chi connectivity index (χ1n) is 6.56. The van der Waals surface area contributed by atoms with E-state index in [9.17, 15) is 13.2 Å². The van der Waals surface area contributed by atoms with Gasteiger partial charge in [-0.3, -0.25) is 9.78 Å². The van der Waals surface area contributed by atoms with Crippen LogP contribution in [0.15, 0.2) is 53.7 Å². The van der Waals surface area contributed by atoms with Gasteiger partial charge in [-0.2, -0.15) is 0 Å². The molecule has 1 aromatic heterocycles. The highest BCUT2D eigenvalue weighted by atomic mass is 32.2. The van der Waals surface area contributed by atoms with Gasteiger partial charge in [0.05, 0.1) is 4.90 Å². The topological polar surface area (TPSA) is 76.1 Å². The molecule has 0 aliphatic rings. The van der Waals surface area contributed by atoms with E-state index in [1.807, 2.05) is 6.07 Å².